The number of carbonyl (C=O) groups is 1. The Kier molecular flexibility index (Phi) is 6.03. The fraction of sp³-hybridized carbons (Fsp3) is 0.125. The van der Waals surface area contributed by atoms with Crippen LogP contribution >= 0.6 is 0 Å². The van der Waals surface area contributed by atoms with E-state index in [9.17, 15) is 9.18 Å². The summed E-state index contributed by atoms with van der Waals surface area (Å²) in [6, 6.07) is 22.2. The summed E-state index contributed by atoms with van der Waals surface area (Å²) in [5.41, 5.74) is 2.00. The first-order valence-electron chi connectivity index (χ1n) is 9.65. The third kappa shape index (κ3) is 5.14. The number of halogens is 1. The van der Waals surface area contributed by atoms with Gasteiger partial charge in [0.1, 0.15) is 18.2 Å². The second-order valence-electron chi connectivity index (χ2n) is 6.80. The number of ether oxygens (including phenoxy) is 2. The van der Waals surface area contributed by atoms with Gasteiger partial charge in [-0.1, -0.05) is 30.3 Å². The standard InChI is InChI=1S/C24H19FN2O4/c1-16(22-26-27-23(31-22)18-7-11-20(25)12-8-18)30-24(28)19-9-13-21(14-10-19)29-15-17-5-3-2-4-6-17/h2-14,16H,15H2,1H3/t16-/m1/s1. The molecule has 0 aliphatic rings. The number of hydrogen-bond donors (Lipinski definition) is 0. The highest BCUT2D eigenvalue weighted by Gasteiger charge is 2.20. The zero-order chi connectivity index (χ0) is 21.6. The zero-order valence-electron chi connectivity index (χ0n) is 16.7. The maximum absolute atomic E-state index is 13.1. The van der Waals surface area contributed by atoms with Crippen LogP contribution in [-0.4, -0.2) is 16.2 Å². The van der Waals surface area contributed by atoms with Gasteiger partial charge in [-0.25, -0.2) is 9.18 Å². The van der Waals surface area contributed by atoms with Crippen molar-refractivity contribution in [2.75, 3.05) is 0 Å². The van der Waals surface area contributed by atoms with E-state index in [1.807, 2.05) is 30.3 Å². The van der Waals surface area contributed by atoms with Gasteiger partial charge in [-0.15, -0.1) is 10.2 Å². The smallest absolute Gasteiger partial charge is 0.338 e. The number of benzene rings is 3. The molecule has 0 saturated heterocycles. The van der Waals surface area contributed by atoms with Crippen molar-refractivity contribution >= 4 is 5.97 Å². The van der Waals surface area contributed by atoms with Crippen LogP contribution in [0, 0.1) is 5.82 Å². The van der Waals surface area contributed by atoms with Crippen molar-refractivity contribution < 1.29 is 23.1 Å². The van der Waals surface area contributed by atoms with E-state index in [1.54, 1.807) is 31.2 Å². The molecule has 4 aromatic rings. The molecule has 4 rings (SSSR count). The predicted molar refractivity (Wildman–Crippen MR) is 111 cm³/mol. The molecule has 0 unspecified atom stereocenters. The molecule has 0 radical (unpaired) electrons. The number of rotatable bonds is 7. The third-order valence-corrected chi connectivity index (χ3v) is 4.50. The molecule has 0 aliphatic carbocycles. The number of carbonyl (C=O) groups excluding carboxylic acids is 1. The molecule has 0 aliphatic heterocycles. The molecule has 0 N–H and O–H groups in total. The minimum Gasteiger partial charge on any atom is -0.489 e. The van der Waals surface area contributed by atoms with E-state index in [0.717, 1.165) is 5.56 Å². The number of hydrogen-bond acceptors (Lipinski definition) is 6. The molecular weight excluding hydrogens is 399 g/mol. The third-order valence-electron chi connectivity index (χ3n) is 4.50. The second-order valence-corrected chi connectivity index (χ2v) is 6.80. The van der Waals surface area contributed by atoms with Crippen molar-refractivity contribution in [3.05, 3.63) is 102 Å². The van der Waals surface area contributed by atoms with Gasteiger partial charge in [0.05, 0.1) is 5.56 Å². The van der Waals surface area contributed by atoms with Gasteiger partial charge in [-0.2, -0.15) is 0 Å². The summed E-state index contributed by atoms with van der Waals surface area (Å²) < 4.78 is 29.8. The van der Waals surface area contributed by atoms with Crippen LogP contribution in [0.1, 0.15) is 34.8 Å². The van der Waals surface area contributed by atoms with Gasteiger partial charge in [-0.3, -0.25) is 0 Å². The van der Waals surface area contributed by atoms with E-state index >= 15 is 0 Å². The van der Waals surface area contributed by atoms with E-state index in [4.69, 9.17) is 13.9 Å². The van der Waals surface area contributed by atoms with Crippen LogP contribution in [0.15, 0.2) is 83.3 Å². The molecular formula is C24H19FN2O4. The lowest BCUT2D eigenvalue weighted by atomic mass is 10.2. The molecule has 1 aromatic heterocycles. The second kappa shape index (κ2) is 9.21. The Bertz CT molecular complexity index is 1140. The van der Waals surface area contributed by atoms with Crippen LogP contribution < -0.4 is 4.74 Å². The molecule has 1 heterocycles. The van der Waals surface area contributed by atoms with Crippen molar-refractivity contribution in [2.45, 2.75) is 19.6 Å². The highest BCUT2D eigenvalue weighted by molar-refractivity contribution is 5.89. The van der Waals surface area contributed by atoms with Crippen molar-refractivity contribution in [2.24, 2.45) is 0 Å². The van der Waals surface area contributed by atoms with Gasteiger partial charge in [0.15, 0.2) is 6.10 Å². The highest BCUT2D eigenvalue weighted by Crippen LogP contribution is 2.24. The van der Waals surface area contributed by atoms with Gasteiger partial charge >= 0.3 is 5.97 Å². The van der Waals surface area contributed by atoms with Gasteiger partial charge in [-0.05, 0) is 61.0 Å². The van der Waals surface area contributed by atoms with E-state index in [-0.39, 0.29) is 17.6 Å². The molecule has 0 fully saturated rings. The van der Waals surface area contributed by atoms with E-state index in [0.29, 0.717) is 23.5 Å². The maximum Gasteiger partial charge on any atom is 0.338 e. The molecule has 0 amide bonds. The fourth-order valence-corrected chi connectivity index (χ4v) is 2.82. The van der Waals surface area contributed by atoms with Gasteiger partial charge in [0, 0.05) is 5.56 Å². The van der Waals surface area contributed by atoms with E-state index in [2.05, 4.69) is 10.2 Å². The van der Waals surface area contributed by atoms with Crippen molar-refractivity contribution in [3.63, 3.8) is 0 Å². The molecule has 1 atom stereocenters. The fourth-order valence-electron chi connectivity index (χ4n) is 2.82. The number of aromatic nitrogens is 2. The van der Waals surface area contributed by atoms with Crippen LogP contribution in [0.4, 0.5) is 4.39 Å². The number of esters is 1. The summed E-state index contributed by atoms with van der Waals surface area (Å²) in [6.07, 6.45) is -0.747. The van der Waals surface area contributed by atoms with Crippen LogP contribution in [0.5, 0.6) is 5.75 Å². The summed E-state index contributed by atoms with van der Waals surface area (Å²) in [5, 5.41) is 7.85. The van der Waals surface area contributed by atoms with Crippen LogP contribution in [0.2, 0.25) is 0 Å². The summed E-state index contributed by atoms with van der Waals surface area (Å²) in [7, 11) is 0. The lowest BCUT2D eigenvalue weighted by molar-refractivity contribution is 0.0280. The zero-order valence-corrected chi connectivity index (χ0v) is 16.7. The summed E-state index contributed by atoms with van der Waals surface area (Å²) in [5.74, 6) is 0.133. The summed E-state index contributed by atoms with van der Waals surface area (Å²) >= 11 is 0. The first-order chi connectivity index (χ1) is 15.1. The van der Waals surface area contributed by atoms with E-state index < -0.39 is 12.1 Å². The Morgan fingerprint density at radius 3 is 2.39 bits per heavy atom. The molecule has 7 heteroatoms. The quantitative estimate of drug-likeness (QED) is 0.376. The topological polar surface area (TPSA) is 74.5 Å². The molecule has 3 aromatic carbocycles. The Hall–Kier alpha value is -4.00. The SMILES string of the molecule is C[C@@H](OC(=O)c1ccc(OCc2ccccc2)cc1)c1nnc(-c2ccc(F)cc2)o1. The molecule has 156 valence electrons. The average Bonchev–Trinajstić information content (AvgIpc) is 3.30. The lowest BCUT2D eigenvalue weighted by Gasteiger charge is -2.10. The normalized spacial score (nSPS) is 11.7. The van der Waals surface area contributed by atoms with Crippen LogP contribution in [-0.2, 0) is 11.3 Å². The van der Waals surface area contributed by atoms with Crippen LogP contribution in [0.3, 0.4) is 0 Å². The molecule has 6 nitrogen and oxygen atoms in total. The first kappa shape index (κ1) is 20.3. The van der Waals surface area contributed by atoms with Gasteiger partial charge in [0.25, 0.3) is 5.89 Å². The van der Waals surface area contributed by atoms with Crippen molar-refractivity contribution in [1.29, 1.82) is 0 Å². The molecule has 31 heavy (non-hydrogen) atoms. The van der Waals surface area contributed by atoms with Gasteiger partial charge < -0.3 is 13.9 Å². The average molecular weight is 418 g/mol. The lowest BCUT2D eigenvalue weighted by Crippen LogP contribution is -2.09. The number of nitrogens with zero attached hydrogens (tertiary/aromatic N) is 2. The predicted octanol–water partition coefficient (Wildman–Crippen LogP) is 5.37. The first-order valence-corrected chi connectivity index (χ1v) is 9.65. The highest BCUT2D eigenvalue weighted by atomic mass is 19.1. The van der Waals surface area contributed by atoms with Crippen molar-refractivity contribution in [1.82, 2.24) is 10.2 Å². The Morgan fingerprint density at radius 1 is 0.968 bits per heavy atom. The van der Waals surface area contributed by atoms with Gasteiger partial charge in [0.2, 0.25) is 5.89 Å². The summed E-state index contributed by atoms with van der Waals surface area (Å²) in [4.78, 5) is 12.4. The summed E-state index contributed by atoms with van der Waals surface area (Å²) in [6.45, 7) is 2.08. The monoisotopic (exact) mass is 418 g/mol. The molecule has 0 bridgehead atoms. The Morgan fingerprint density at radius 2 is 1.68 bits per heavy atom. The van der Waals surface area contributed by atoms with Crippen LogP contribution in [0.25, 0.3) is 11.5 Å². The maximum atomic E-state index is 13.1. The van der Waals surface area contributed by atoms with Crippen molar-refractivity contribution in [3.8, 4) is 17.2 Å². The largest absolute Gasteiger partial charge is 0.489 e. The minimum atomic E-state index is -0.747. The molecule has 0 saturated carbocycles. The minimum absolute atomic E-state index is 0.149. The Balaban J connectivity index is 1.35. The Labute approximate surface area is 178 Å². The van der Waals surface area contributed by atoms with E-state index in [1.165, 1.54) is 24.3 Å². The molecule has 0 spiro atoms.